The molecule has 0 unspecified atom stereocenters. The summed E-state index contributed by atoms with van der Waals surface area (Å²) in [6, 6.07) is 3.56. The lowest BCUT2D eigenvalue weighted by Gasteiger charge is -2.17. The predicted octanol–water partition coefficient (Wildman–Crippen LogP) is 3.36. The van der Waals surface area contributed by atoms with E-state index in [0.29, 0.717) is 11.4 Å². The zero-order chi connectivity index (χ0) is 15.5. The van der Waals surface area contributed by atoms with Crippen molar-refractivity contribution >= 4 is 39.9 Å². The second-order valence-electron chi connectivity index (χ2n) is 6.14. The molecule has 0 aliphatic heterocycles. The zero-order valence-corrected chi connectivity index (χ0v) is 14.3. The highest BCUT2D eigenvalue weighted by Gasteiger charge is 2.29. The number of nitrogens with one attached hydrogen (secondary N) is 2. The van der Waals surface area contributed by atoms with Gasteiger partial charge in [-0.25, -0.2) is 0 Å². The minimum absolute atomic E-state index is 0.0681. The van der Waals surface area contributed by atoms with E-state index < -0.39 is 0 Å². The Kier molecular flexibility index (Phi) is 5.32. The maximum absolute atomic E-state index is 12.0. The van der Waals surface area contributed by atoms with E-state index in [1.807, 2.05) is 11.8 Å². The highest BCUT2D eigenvalue weighted by Crippen LogP contribution is 2.31. The van der Waals surface area contributed by atoms with Gasteiger partial charge in [-0.1, -0.05) is 20.8 Å². The first-order chi connectivity index (χ1) is 9.85. The van der Waals surface area contributed by atoms with Gasteiger partial charge in [0, 0.05) is 23.0 Å². The molecule has 1 fully saturated rings. The summed E-state index contributed by atoms with van der Waals surface area (Å²) in [5.74, 6) is 1.08. The number of anilines is 1. The number of amides is 2. The minimum Gasteiger partial charge on any atom is -0.351 e. The van der Waals surface area contributed by atoms with Crippen molar-refractivity contribution in [2.24, 2.45) is 5.92 Å². The Bertz CT molecular complexity index is 516. The number of thiophene rings is 1. The number of hydrogen-bond acceptors (Lipinski definition) is 4. The van der Waals surface area contributed by atoms with Gasteiger partial charge in [0.15, 0.2) is 0 Å². The van der Waals surface area contributed by atoms with Gasteiger partial charge < -0.3 is 10.6 Å². The summed E-state index contributed by atoms with van der Waals surface area (Å²) in [6.45, 7) is 7.14. The van der Waals surface area contributed by atoms with E-state index in [9.17, 15) is 9.59 Å². The van der Waals surface area contributed by atoms with E-state index in [1.165, 1.54) is 11.3 Å². The van der Waals surface area contributed by atoms with Gasteiger partial charge in [-0.3, -0.25) is 9.59 Å². The van der Waals surface area contributed by atoms with Crippen LogP contribution in [-0.2, 0) is 4.79 Å². The number of thioether (sulfide) groups is 1. The van der Waals surface area contributed by atoms with E-state index in [1.54, 1.807) is 12.1 Å². The SMILES string of the molecule is CC(C)(C)SCCNC(=O)c1ccc(NC(=O)C2CC2)s1. The smallest absolute Gasteiger partial charge is 0.261 e. The van der Waals surface area contributed by atoms with Gasteiger partial charge in [-0.05, 0) is 25.0 Å². The molecule has 1 saturated carbocycles. The van der Waals surface area contributed by atoms with Gasteiger partial charge >= 0.3 is 0 Å². The quantitative estimate of drug-likeness (QED) is 0.788. The van der Waals surface area contributed by atoms with Crippen molar-refractivity contribution in [1.29, 1.82) is 0 Å². The third kappa shape index (κ3) is 5.71. The summed E-state index contributed by atoms with van der Waals surface area (Å²) >= 11 is 3.15. The molecule has 1 heterocycles. The Morgan fingerprint density at radius 2 is 2.05 bits per heavy atom. The largest absolute Gasteiger partial charge is 0.351 e. The molecule has 4 nitrogen and oxygen atoms in total. The van der Waals surface area contributed by atoms with Crippen LogP contribution in [-0.4, -0.2) is 28.9 Å². The van der Waals surface area contributed by atoms with E-state index in [0.717, 1.165) is 23.6 Å². The summed E-state index contributed by atoms with van der Waals surface area (Å²) in [5, 5.41) is 6.52. The molecule has 1 aliphatic carbocycles. The Morgan fingerprint density at radius 3 is 2.67 bits per heavy atom. The molecule has 2 amide bonds. The van der Waals surface area contributed by atoms with Gasteiger partial charge in [0.2, 0.25) is 5.91 Å². The first-order valence-corrected chi connectivity index (χ1v) is 8.98. The molecule has 0 aromatic carbocycles. The first kappa shape index (κ1) is 16.4. The molecule has 2 rings (SSSR count). The van der Waals surface area contributed by atoms with Gasteiger partial charge in [-0.15, -0.1) is 11.3 Å². The molecule has 6 heteroatoms. The summed E-state index contributed by atoms with van der Waals surface area (Å²) in [5.41, 5.74) is 0. The fourth-order valence-electron chi connectivity index (χ4n) is 1.71. The molecule has 0 atom stereocenters. The van der Waals surface area contributed by atoms with Crippen molar-refractivity contribution in [2.75, 3.05) is 17.6 Å². The second kappa shape index (κ2) is 6.83. The number of carbonyl (C=O) groups excluding carboxylic acids is 2. The molecule has 21 heavy (non-hydrogen) atoms. The number of rotatable bonds is 6. The third-order valence-electron chi connectivity index (χ3n) is 2.95. The Hall–Kier alpha value is -1.01. The lowest BCUT2D eigenvalue weighted by atomic mass is 10.3. The second-order valence-corrected chi connectivity index (χ2v) is 9.15. The number of hydrogen-bond donors (Lipinski definition) is 2. The van der Waals surface area contributed by atoms with Crippen molar-refractivity contribution < 1.29 is 9.59 Å². The van der Waals surface area contributed by atoms with E-state index in [-0.39, 0.29) is 22.5 Å². The van der Waals surface area contributed by atoms with Crippen LogP contribution in [0.25, 0.3) is 0 Å². The van der Waals surface area contributed by atoms with Gasteiger partial charge in [0.25, 0.3) is 5.91 Å². The van der Waals surface area contributed by atoms with Crippen LogP contribution in [0.1, 0.15) is 43.3 Å². The molecule has 1 aromatic rings. The van der Waals surface area contributed by atoms with Crippen LogP contribution in [0.4, 0.5) is 5.00 Å². The minimum atomic E-state index is -0.0681. The normalized spacial score (nSPS) is 14.8. The van der Waals surface area contributed by atoms with Crippen LogP contribution < -0.4 is 10.6 Å². The molecule has 2 N–H and O–H groups in total. The van der Waals surface area contributed by atoms with E-state index >= 15 is 0 Å². The van der Waals surface area contributed by atoms with Crippen LogP contribution in [0.2, 0.25) is 0 Å². The lowest BCUT2D eigenvalue weighted by molar-refractivity contribution is -0.117. The average Bonchev–Trinajstić information content (AvgIpc) is 3.14. The predicted molar refractivity (Wildman–Crippen MR) is 90.2 cm³/mol. The zero-order valence-electron chi connectivity index (χ0n) is 12.7. The Labute approximate surface area is 134 Å². The van der Waals surface area contributed by atoms with Gasteiger partial charge in [0.05, 0.1) is 9.88 Å². The monoisotopic (exact) mass is 326 g/mol. The summed E-state index contributed by atoms with van der Waals surface area (Å²) in [4.78, 5) is 24.3. The summed E-state index contributed by atoms with van der Waals surface area (Å²) in [6.07, 6.45) is 1.96. The fourth-order valence-corrected chi connectivity index (χ4v) is 3.35. The molecule has 0 radical (unpaired) electrons. The maximum Gasteiger partial charge on any atom is 0.261 e. The first-order valence-electron chi connectivity index (χ1n) is 7.18. The third-order valence-corrected chi connectivity index (χ3v) is 5.22. The van der Waals surface area contributed by atoms with Crippen LogP contribution in [0.3, 0.4) is 0 Å². The summed E-state index contributed by atoms with van der Waals surface area (Å²) in [7, 11) is 0. The molecule has 0 saturated heterocycles. The molecule has 0 spiro atoms. The molecule has 1 aliphatic rings. The van der Waals surface area contributed by atoms with Gasteiger partial charge in [-0.2, -0.15) is 11.8 Å². The van der Waals surface area contributed by atoms with E-state index in [4.69, 9.17) is 0 Å². The lowest BCUT2D eigenvalue weighted by Crippen LogP contribution is -2.26. The Morgan fingerprint density at radius 1 is 1.33 bits per heavy atom. The van der Waals surface area contributed by atoms with Crippen LogP contribution in [0.5, 0.6) is 0 Å². The molecular formula is C15H22N2O2S2. The van der Waals surface area contributed by atoms with Crippen molar-refractivity contribution in [2.45, 2.75) is 38.4 Å². The topological polar surface area (TPSA) is 58.2 Å². The number of carbonyl (C=O) groups is 2. The Balaban J connectivity index is 1.75. The van der Waals surface area contributed by atoms with Crippen molar-refractivity contribution in [1.82, 2.24) is 5.32 Å². The van der Waals surface area contributed by atoms with Gasteiger partial charge in [0.1, 0.15) is 0 Å². The van der Waals surface area contributed by atoms with Crippen LogP contribution in [0, 0.1) is 5.92 Å². The molecular weight excluding hydrogens is 304 g/mol. The maximum atomic E-state index is 12.0. The average molecular weight is 326 g/mol. The molecule has 1 aromatic heterocycles. The fraction of sp³-hybridized carbons (Fsp3) is 0.600. The standard InChI is InChI=1S/C15H22N2O2S2/c1-15(2,3)20-9-8-16-14(19)11-6-7-12(21-11)17-13(18)10-4-5-10/h6-7,10H,4-5,8-9H2,1-3H3,(H,16,19)(H,17,18). The molecule has 0 bridgehead atoms. The summed E-state index contributed by atoms with van der Waals surface area (Å²) < 4.78 is 0.216. The van der Waals surface area contributed by atoms with Crippen LogP contribution >= 0.6 is 23.1 Å². The van der Waals surface area contributed by atoms with Crippen molar-refractivity contribution in [3.63, 3.8) is 0 Å². The van der Waals surface area contributed by atoms with Crippen LogP contribution in [0.15, 0.2) is 12.1 Å². The van der Waals surface area contributed by atoms with Crippen molar-refractivity contribution in [3.8, 4) is 0 Å². The highest BCUT2D eigenvalue weighted by molar-refractivity contribution is 8.00. The molecule has 116 valence electrons. The van der Waals surface area contributed by atoms with Crippen molar-refractivity contribution in [3.05, 3.63) is 17.0 Å². The highest BCUT2D eigenvalue weighted by atomic mass is 32.2. The van der Waals surface area contributed by atoms with E-state index in [2.05, 4.69) is 31.4 Å².